The summed E-state index contributed by atoms with van der Waals surface area (Å²) in [6.45, 7) is 4.17. The van der Waals surface area contributed by atoms with Gasteiger partial charge in [-0.05, 0) is 47.2 Å². The Kier molecular flexibility index (Phi) is 5.37. The summed E-state index contributed by atoms with van der Waals surface area (Å²) < 4.78 is 18.7. The van der Waals surface area contributed by atoms with Crippen LogP contribution in [0.4, 0.5) is 4.39 Å². The van der Waals surface area contributed by atoms with Gasteiger partial charge in [0.25, 0.3) is 0 Å². The largest absolute Gasteiger partial charge is 0.496 e. The van der Waals surface area contributed by atoms with Gasteiger partial charge in [-0.2, -0.15) is 0 Å². The summed E-state index contributed by atoms with van der Waals surface area (Å²) in [6, 6.07) is 11.7. The minimum atomic E-state index is -0.936. The number of halogens is 1. The van der Waals surface area contributed by atoms with E-state index in [-0.39, 0.29) is 6.42 Å². The monoisotopic (exact) mass is 316 g/mol. The number of carbonyl (C=O) groups is 1. The van der Waals surface area contributed by atoms with Gasteiger partial charge in [0.05, 0.1) is 13.0 Å². The molecular weight excluding hydrogens is 295 g/mol. The SMILES string of the molecule is COc1ccc(F)cc1CC(C(=O)O)c1ccc(C(C)C)cc1. The Balaban J connectivity index is 2.32. The highest BCUT2D eigenvalue weighted by atomic mass is 19.1. The maximum atomic E-state index is 13.5. The van der Waals surface area contributed by atoms with Crippen molar-refractivity contribution < 1.29 is 19.0 Å². The summed E-state index contributed by atoms with van der Waals surface area (Å²) in [5.41, 5.74) is 2.40. The van der Waals surface area contributed by atoms with Crippen molar-refractivity contribution in [3.63, 3.8) is 0 Å². The van der Waals surface area contributed by atoms with Crippen molar-refractivity contribution in [3.05, 3.63) is 65.0 Å². The first-order valence-electron chi connectivity index (χ1n) is 7.57. The molecule has 0 aliphatic carbocycles. The summed E-state index contributed by atoms with van der Waals surface area (Å²) in [5, 5.41) is 9.56. The van der Waals surface area contributed by atoms with Gasteiger partial charge >= 0.3 is 5.97 Å². The summed E-state index contributed by atoms with van der Waals surface area (Å²) in [5.74, 6) is -1.20. The first kappa shape index (κ1) is 17.0. The van der Waals surface area contributed by atoms with Crippen molar-refractivity contribution in [1.29, 1.82) is 0 Å². The van der Waals surface area contributed by atoms with E-state index in [0.29, 0.717) is 22.8 Å². The second kappa shape index (κ2) is 7.27. The fourth-order valence-corrected chi connectivity index (χ4v) is 2.59. The Morgan fingerprint density at radius 2 is 1.74 bits per heavy atom. The minimum absolute atomic E-state index is 0.178. The number of hydrogen-bond donors (Lipinski definition) is 1. The molecule has 0 aliphatic rings. The maximum Gasteiger partial charge on any atom is 0.311 e. The van der Waals surface area contributed by atoms with E-state index < -0.39 is 17.7 Å². The highest BCUT2D eigenvalue weighted by Gasteiger charge is 2.22. The number of carboxylic acids is 1. The van der Waals surface area contributed by atoms with Gasteiger partial charge in [-0.1, -0.05) is 38.1 Å². The van der Waals surface area contributed by atoms with Gasteiger partial charge in [-0.3, -0.25) is 4.79 Å². The third-order valence-corrected chi connectivity index (χ3v) is 3.97. The molecule has 0 aliphatic heterocycles. The van der Waals surface area contributed by atoms with E-state index in [2.05, 4.69) is 13.8 Å². The summed E-state index contributed by atoms with van der Waals surface area (Å²) in [6.07, 6.45) is 0.178. The Morgan fingerprint density at radius 3 is 2.26 bits per heavy atom. The Labute approximate surface area is 135 Å². The molecule has 3 nitrogen and oxygen atoms in total. The number of methoxy groups -OCH3 is 1. The van der Waals surface area contributed by atoms with Gasteiger partial charge in [0.1, 0.15) is 11.6 Å². The predicted molar refractivity (Wildman–Crippen MR) is 87.6 cm³/mol. The number of ether oxygens (including phenoxy) is 1. The molecule has 1 unspecified atom stereocenters. The van der Waals surface area contributed by atoms with E-state index in [4.69, 9.17) is 4.74 Å². The van der Waals surface area contributed by atoms with Gasteiger partial charge in [0, 0.05) is 0 Å². The summed E-state index contributed by atoms with van der Waals surface area (Å²) in [4.78, 5) is 11.7. The average Bonchev–Trinajstić information content (AvgIpc) is 2.52. The maximum absolute atomic E-state index is 13.5. The Hall–Kier alpha value is -2.36. The molecule has 122 valence electrons. The summed E-state index contributed by atoms with van der Waals surface area (Å²) in [7, 11) is 1.49. The second-order valence-corrected chi connectivity index (χ2v) is 5.87. The number of rotatable bonds is 6. The third-order valence-electron chi connectivity index (χ3n) is 3.97. The van der Waals surface area contributed by atoms with Gasteiger partial charge < -0.3 is 9.84 Å². The fraction of sp³-hybridized carbons (Fsp3) is 0.316. The molecule has 1 atom stereocenters. The summed E-state index contributed by atoms with van der Waals surface area (Å²) >= 11 is 0. The zero-order valence-corrected chi connectivity index (χ0v) is 13.5. The standard InChI is InChI=1S/C19H21FO3/c1-12(2)13-4-6-14(7-5-13)17(19(21)22)11-15-10-16(20)8-9-18(15)23-3/h4-10,12,17H,11H2,1-3H3,(H,21,22). The first-order chi connectivity index (χ1) is 10.9. The van der Waals surface area contributed by atoms with Crippen LogP contribution >= 0.6 is 0 Å². The van der Waals surface area contributed by atoms with Crippen LogP contribution in [-0.2, 0) is 11.2 Å². The van der Waals surface area contributed by atoms with Crippen LogP contribution < -0.4 is 4.74 Å². The molecule has 0 bridgehead atoms. The Morgan fingerprint density at radius 1 is 1.13 bits per heavy atom. The molecule has 0 saturated carbocycles. The lowest BCUT2D eigenvalue weighted by Gasteiger charge is -2.16. The minimum Gasteiger partial charge on any atom is -0.496 e. The lowest BCUT2D eigenvalue weighted by atomic mass is 9.90. The molecule has 2 aromatic carbocycles. The van der Waals surface area contributed by atoms with Crippen molar-refractivity contribution in [2.45, 2.75) is 32.1 Å². The van der Waals surface area contributed by atoms with Gasteiger partial charge in [0.2, 0.25) is 0 Å². The highest BCUT2D eigenvalue weighted by molar-refractivity contribution is 5.76. The molecule has 0 aromatic heterocycles. The van der Waals surface area contributed by atoms with Crippen molar-refractivity contribution in [2.75, 3.05) is 7.11 Å². The van der Waals surface area contributed by atoms with E-state index in [0.717, 1.165) is 5.56 Å². The molecule has 23 heavy (non-hydrogen) atoms. The first-order valence-corrected chi connectivity index (χ1v) is 7.57. The predicted octanol–water partition coefficient (Wildman–Crippen LogP) is 4.37. The van der Waals surface area contributed by atoms with Crippen LogP contribution in [-0.4, -0.2) is 18.2 Å². The molecule has 4 heteroatoms. The van der Waals surface area contributed by atoms with Crippen LogP contribution in [0.25, 0.3) is 0 Å². The van der Waals surface area contributed by atoms with Crippen LogP contribution in [0, 0.1) is 5.82 Å². The molecule has 2 aromatic rings. The molecule has 0 fully saturated rings. The highest BCUT2D eigenvalue weighted by Crippen LogP contribution is 2.28. The quantitative estimate of drug-likeness (QED) is 0.861. The van der Waals surface area contributed by atoms with Crippen LogP contribution in [0.3, 0.4) is 0 Å². The van der Waals surface area contributed by atoms with Gasteiger partial charge in [-0.25, -0.2) is 4.39 Å². The van der Waals surface area contributed by atoms with Gasteiger partial charge in [-0.15, -0.1) is 0 Å². The van der Waals surface area contributed by atoms with Crippen LogP contribution in [0.15, 0.2) is 42.5 Å². The van der Waals surface area contributed by atoms with Crippen molar-refractivity contribution in [2.24, 2.45) is 0 Å². The second-order valence-electron chi connectivity index (χ2n) is 5.87. The third kappa shape index (κ3) is 4.09. The number of hydrogen-bond acceptors (Lipinski definition) is 2. The van der Waals surface area contributed by atoms with E-state index >= 15 is 0 Å². The zero-order valence-electron chi connectivity index (χ0n) is 13.5. The molecular formula is C19H21FO3. The number of benzene rings is 2. The molecule has 0 saturated heterocycles. The fourth-order valence-electron chi connectivity index (χ4n) is 2.59. The van der Waals surface area contributed by atoms with Crippen molar-refractivity contribution in [1.82, 2.24) is 0 Å². The van der Waals surface area contributed by atoms with E-state index in [1.807, 2.05) is 24.3 Å². The van der Waals surface area contributed by atoms with Crippen LogP contribution in [0.2, 0.25) is 0 Å². The smallest absolute Gasteiger partial charge is 0.311 e. The Bertz CT molecular complexity index is 678. The molecule has 0 heterocycles. The topological polar surface area (TPSA) is 46.5 Å². The number of aliphatic carboxylic acids is 1. The zero-order chi connectivity index (χ0) is 17.0. The average molecular weight is 316 g/mol. The molecule has 0 radical (unpaired) electrons. The van der Waals surface area contributed by atoms with Crippen molar-refractivity contribution >= 4 is 5.97 Å². The molecule has 0 amide bonds. The van der Waals surface area contributed by atoms with Crippen LogP contribution in [0.1, 0.15) is 42.4 Å². The lowest BCUT2D eigenvalue weighted by molar-refractivity contribution is -0.138. The van der Waals surface area contributed by atoms with Gasteiger partial charge in [0.15, 0.2) is 0 Å². The normalized spacial score (nSPS) is 12.2. The van der Waals surface area contributed by atoms with Crippen molar-refractivity contribution in [3.8, 4) is 5.75 Å². The van der Waals surface area contributed by atoms with E-state index in [9.17, 15) is 14.3 Å². The molecule has 2 rings (SSSR count). The number of carboxylic acid groups (broad SMARTS) is 1. The van der Waals surface area contributed by atoms with E-state index in [1.165, 1.54) is 25.3 Å². The van der Waals surface area contributed by atoms with Crippen LogP contribution in [0.5, 0.6) is 5.75 Å². The molecule has 1 N–H and O–H groups in total. The van der Waals surface area contributed by atoms with E-state index in [1.54, 1.807) is 0 Å². The molecule has 0 spiro atoms. The lowest BCUT2D eigenvalue weighted by Crippen LogP contribution is -2.15.